The van der Waals surface area contributed by atoms with Crippen molar-refractivity contribution in [2.45, 2.75) is 62.5 Å². The van der Waals surface area contributed by atoms with Crippen molar-refractivity contribution in [1.82, 2.24) is 15.1 Å². The molecule has 0 aliphatic heterocycles. The molecule has 1 amide bonds. The number of amides is 1. The maximum Gasteiger partial charge on any atom is 0.352 e. The topological polar surface area (TPSA) is 67.2 Å². The molecule has 2 fully saturated rings. The van der Waals surface area contributed by atoms with E-state index in [9.17, 15) is 18.7 Å². The Morgan fingerprint density at radius 2 is 2.14 bits per heavy atom. The van der Waals surface area contributed by atoms with E-state index in [2.05, 4.69) is 10.4 Å². The van der Waals surface area contributed by atoms with Crippen LogP contribution in [0.15, 0.2) is 6.07 Å². The molecular weight excluding hydrogens is 292 g/mol. The number of rotatable bonds is 5. The minimum absolute atomic E-state index is 0.0389. The van der Waals surface area contributed by atoms with Gasteiger partial charge < -0.3 is 10.4 Å². The number of halogens is 2. The highest BCUT2D eigenvalue weighted by Gasteiger charge is 2.58. The average molecular weight is 313 g/mol. The van der Waals surface area contributed by atoms with Gasteiger partial charge in [0.05, 0.1) is 12.2 Å². The van der Waals surface area contributed by atoms with Crippen LogP contribution in [0.25, 0.3) is 0 Å². The second kappa shape index (κ2) is 5.30. The Kier molecular flexibility index (Phi) is 3.71. The first-order valence-corrected chi connectivity index (χ1v) is 7.75. The third-order valence-corrected chi connectivity index (χ3v) is 4.69. The third-order valence-electron chi connectivity index (χ3n) is 4.69. The normalized spacial score (nSPS) is 21.1. The van der Waals surface area contributed by atoms with E-state index in [1.165, 1.54) is 0 Å². The van der Waals surface area contributed by atoms with Crippen LogP contribution in [0.5, 0.6) is 0 Å². The third kappa shape index (κ3) is 2.62. The zero-order valence-electron chi connectivity index (χ0n) is 12.6. The first-order valence-electron chi connectivity index (χ1n) is 7.75. The standard InChI is InChI=1S/C15H21F2N3O2/c1-20-12(10-4-5-10)8-11(19-20)9-18-13(21)15(16,17)14(22)6-2-3-7-14/h8,10,22H,2-7,9H2,1H3,(H,18,21). The Morgan fingerprint density at radius 1 is 1.50 bits per heavy atom. The molecule has 7 heteroatoms. The SMILES string of the molecule is Cn1nc(CNC(=O)C(F)(F)C2(O)CCCC2)cc1C1CC1. The molecule has 0 bridgehead atoms. The number of aliphatic hydroxyl groups is 1. The minimum Gasteiger partial charge on any atom is -0.383 e. The number of hydrogen-bond donors (Lipinski definition) is 2. The highest BCUT2D eigenvalue weighted by atomic mass is 19.3. The van der Waals surface area contributed by atoms with Gasteiger partial charge in [-0.05, 0) is 31.7 Å². The minimum atomic E-state index is -3.77. The summed E-state index contributed by atoms with van der Waals surface area (Å²) in [5.74, 6) is -4.68. The number of nitrogens with one attached hydrogen (secondary N) is 1. The molecule has 0 aromatic carbocycles. The van der Waals surface area contributed by atoms with E-state index in [4.69, 9.17) is 0 Å². The molecule has 2 aliphatic rings. The molecule has 0 unspecified atom stereocenters. The summed E-state index contributed by atoms with van der Waals surface area (Å²) >= 11 is 0. The molecule has 2 aliphatic carbocycles. The lowest BCUT2D eigenvalue weighted by Gasteiger charge is -2.30. The largest absolute Gasteiger partial charge is 0.383 e. The molecule has 0 radical (unpaired) electrons. The summed E-state index contributed by atoms with van der Waals surface area (Å²) < 4.78 is 30.0. The van der Waals surface area contributed by atoms with Gasteiger partial charge in [-0.2, -0.15) is 13.9 Å². The molecule has 0 saturated heterocycles. The van der Waals surface area contributed by atoms with Gasteiger partial charge in [-0.1, -0.05) is 12.8 Å². The predicted molar refractivity (Wildman–Crippen MR) is 75.4 cm³/mol. The molecule has 3 rings (SSSR count). The molecule has 1 aromatic heterocycles. The molecular formula is C15H21F2N3O2. The molecule has 5 nitrogen and oxygen atoms in total. The Balaban J connectivity index is 1.63. The predicted octanol–water partition coefficient (Wildman–Crippen LogP) is 1.85. The van der Waals surface area contributed by atoms with Crippen molar-refractivity contribution >= 4 is 5.91 Å². The second-order valence-electron chi connectivity index (χ2n) is 6.45. The molecule has 0 spiro atoms. The summed E-state index contributed by atoms with van der Waals surface area (Å²) in [6.45, 7) is -0.0505. The number of carbonyl (C=O) groups is 1. The number of alkyl halides is 2. The molecule has 1 heterocycles. The van der Waals surface area contributed by atoms with Crippen molar-refractivity contribution < 1.29 is 18.7 Å². The van der Waals surface area contributed by atoms with Gasteiger partial charge in [0.1, 0.15) is 5.60 Å². The molecule has 2 saturated carbocycles. The molecule has 22 heavy (non-hydrogen) atoms. The van der Waals surface area contributed by atoms with Crippen LogP contribution in [-0.2, 0) is 18.4 Å². The lowest BCUT2D eigenvalue weighted by Crippen LogP contribution is -2.55. The first-order chi connectivity index (χ1) is 10.3. The van der Waals surface area contributed by atoms with Gasteiger partial charge in [0.25, 0.3) is 5.91 Å². The maximum atomic E-state index is 14.1. The maximum absolute atomic E-state index is 14.1. The van der Waals surface area contributed by atoms with Crippen LogP contribution in [0.2, 0.25) is 0 Å². The second-order valence-corrected chi connectivity index (χ2v) is 6.45. The molecule has 1 aromatic rings. The van der Waals surface area contributed by atoms with Crippen LogP contribution >= 0.6 is 0 Å². The zero-order chi connectivity index (χ0) is 16.0. The van der Waals surface area contributed by atoms with Crippen molar-refractivity contribution in [3.05, 3.63) is 17.5 Å². The number of carbonyl (C=O) groups excluding carboxylic acids is 1. The van der Waals surface area contributed by atoms with Gasteiger partial charge in [-0.25, -0.2) is 0 Å². The van der Waals surface area contributed by atoms with Crippen LogP contribution in [0.4, 0.5) is 8.78 Å². The Morgan fingerprint density at radius 3 is 2.73 bits per heavy atom. The van der Waals surface area contributed by atoms with Gasteiger partial charge >= 0.3 is 5.92 Å². The van der Waals surface area contributed by atoms with E-state index in [0.29, 0.717) is 24.5 Å². The smallest absolute Gasteiger partial charge is 0.352 e. The summed E-state index contributed by atoms with van der Waals surface area (Å²) in [5, 5.41) is 16.4. The number of aryl methyl sites for hydroxylation is 1. The summed E-state index contributed by atoms with van der Waals surface area (Å²) in [7, 11) is 1.81. The fraction of sp³-hybridized carbons (Fsp3) is 0.733. The van der Waals surface area contributed by atoms with Crippen molar-refractivity contribution in [2.24, 2.45) is 7.05 Å². The summed E-state index contributed by atoms with van der Waals surface area (Å²) in [6, 6.07) is 1.85. The van der Waals surface area contributed by atoms with E-state index in [1.54, 1.807) is 4.68 Å². The van der Waals surface area contributed by atoms with E-state index in [1.807, 2.05) is 13.1 Å². The first kappa shape index (κ1) is 15.4. The van der Waals surface area contributed by atoms with Crippen LogP contribution in [-0.4, -0.2) is 32.3 Å². The van der Waals surface area contributed by atoms with Crippen LogP contribution < -0.4 is 5.32 Å². The Hall–Kier alpha value is -1.50. The Bertz CT molecular complexity index is 575. The lowest BCUT2D eigenvalue weighted by atomic mass is 9.93. The lowest BCUT2D eigenvalue weighted by molar-refractivity contribution is -0.191. The van der Waals surface area contributed by atoms with E-state index >= 15 is 0 Å². The monoisotopic (exact) mass is 313 g/mol. The zero-order valence-corrected chi connectivity index (χ0v) is 12.6. The quantitative estimate of drug-likeness (QED) is 0.872. The highest BCUT2D eigenvalue weighted by molar-refractivity contribution is 5.84. The molecule has 2 N–H and O–H groups in total. The van der Waals surface area contributed by atoms with Gasteiger partial charge in [0.2, 0.25) is 0 Å². The highest BCUT2D eigenvalue weighted by Crippen LogP contribution is 2.42. The van der Waals surface area contributed by atoms with Gasteiger partial charge in [0.15, 0.2) is 0 Å². The van der Waals surface area contributed by atoms with E-state index < -0.39 is 17.4 Å². The van der Waals surface area contributed by atoms with Crippen molar-refractivity contribution in [3.63, 3.8) is 0 Å². The van der Waals surface area contributed by atoms with Crippen molar-refractivity contribution in [2.75, 3.05) is 0 Å². The fourth-order valence-electron chi connectivity index (χ4n) is 3.16. The summed E-state index contributed by atoms with van der Waals surface area (Å²) in [4.78, 5) is 11.8. The van der Waals surface area contributed by atoms with Gasteiger partial charge in [-0.15, -0.1) is 0 Å². The number of nitrogens with zero attached hydrogens (tertiary/aromatic N) is 2. The average Bonchev–Trinajstić information content (AvgIpc) is 3.10. The fourth-order valence-corrected chi connectivity index (χ4v) is 3.16. The molecule has 122 valence electrons. The summed E-state index contributed by atoms with van der Waals surface area (Å²) in [6.07, 6.45) is 3.20. The Labute approximate surface area is 127 Å². The number of aromatic nitrogens is 2. The van der Waals surface area contributed by atoms with Crippen LogP contribution in [0.3, 0.4) is 0 Å². The van der Waals surface area contributed by atoms with Crippen molar-refractivity contribution in [3.8, 4) is 0 Å². The van der Waals surface area contributed by atoms with Crippen LogP contribution in [0, 0.1) is 0 Å². The van der Waals surface area contributed by atoms with E-state index in [0.717, 1.165) is 18.5 Å². The van der Waals surface area contributed by atoms with Crippen molar-refractivity contribution in [1.29, 1.82) is 0 Å². The van der Waals surface area contributed by atoms with E-state index in [-0.39, 0.29) is 19.4 Å². The molecule has 0 atom stereocenters. The van der Waals surface area contributed by atoms with Gasteiger partial charge in [-0.3, -0.25) is 9.48 Å². The number of hydrogen-bond acceptors (Lipinski definition) is 3. The van der Waals surface area contributed by atoms with Gasteiger partial charge in [0, 0.05) is 18.7 Å². The van der Waals surface area contributed by atoms with Crippen LogP contribution in [0.1, 0.15) is 55.8 Å². The summed E-state index contributed by atoms with van der Waals surface area (Å²) in [5.41, 5.74) is -0.571.